The largest absolute Gasteiger partial charge is 1.00 e. The summed E-state index contributed by atoms with van der Waals surface area (Å²) in [5, 5.41) is 2.67. The Balaban J connectivity index is 0.00000133. The second kappa shape index (κ2) is 5.85. The molecule has 3 aromatic rings. The molecule has 0 N–H and O–H groups in total. The fraction of sp³-hybridized carbons (Fsp3) is 0.118. The van der Waals surface area contributed by atoms with E-state index in [9.17, 15) is 0 Å². The number of fused-ring (bicyclic) bond motifs is 1. The molecule has 0 saturated heterocycles. The zero-order valence-corrected chi connectivity index (χ0v) is 11.6. The molecule has 0 aliphatic rings. The van der Waals surface area contributed by atoms with Crippen LogP contribution in [0.4, 0.5) is 0 Å². The molecule has 0 saturated carbocycles. The maximum Gasteiger partial charge on any atom is 0.174 e. The first-order chi connectivity index (χ1) is 8.84. The predicted molar refractivity (Wildman–Crippen MR) is 74.4 cm³/mol. The Kier molecular flexibility index (Phi) is 4.18. The fourth-order valence-electron chi connectivity index (χ4n) is 2.38. The summed E-state index contributed by atoms with van der Waals surface area (Å²) in [5.74, 6) is 0. The summed E-state index contributed by atoms with van der Waals surface area (Å²) in [6.45, 7) is 3.11. The Morgan fingerprint density at radius 1 is 0.842 bits per heavy atom. The third-order valence-electron chi connectivity index (χ3n) is 3.39. The van der Waals surface area contributed by atoms with Gasteiger partial charge in [0, 0.05) is 17.7 Å². The number of benzene rings is 2. The first kappa shape index (κ1) is 13.6. The van der Waals surface area contributed by atoms with Crippen LogP contribution >= 0.6 is 0 Å². The van der Waals surface area contributed by atoms with Crippen LogP contribution in [0.5, 0.6) is 0 Å². The first-order valence-corrected chi connectivity index (χ1v) is 6.26. The van der Waals surface area contributed by atoms with E-state index in [1.807, 2.05) is 6.07 Å². The Morgan fingerprint density at radius 2 is 1.58 bits per heavy atom. The van der Waals surface area contributed by atoms with Gasteiger partial charge in [-0.15, -0.1) is 0 Å². The van der Waals surface area contributed by atoms with Gasteiger partial charge in [-0.05, 0) is 23.3 Å². The molecule has 1 heterocycles. The number of pyridine rings is 1. The molecule has 0 unspecified atom stereocenters. The normalized spacial score (nSPS) is 10.2. The lowest BCUT2D eigenvalue weighted by molar-refractivity contribution is -0.688. The van der Waals surface area contributed by atoms with Crippen LogP contribution in [-0.4, -0.2) is 0 Å². The topological polar surface area (TPSA) is 3.88 Å². The first-order valence-electron chi connectivity index (χ1n) is 6.26. The molecular formula is C17H16ClN. The predicted octanol–water partition coefficient (Wildman–Crippen LogP) is 0.488. The van der Waals surface area contributed by atoms with E-state index >= 15 is 0 Å². The van der Waals surface area contributed by atoms with Crippen molar-refractivity contribution in [3.05, 3.63) is 78.1 Å². The van der Waals surface area contributed by atoms with Crippen molar-refractivity contribution < 1.29 is 17.0 Å². The summed E-state index contributed by atoms with van der Waals surface area (Å²) < 4.78 is 2.22. The van der Waals surface area contributed by atoms with Gasteiger partial charge in [-0.1, -0.05) is 42.5 Å². The lowest BCUT2D eigenvalue weighted by Gasteiger charge is -2.07. The van der Waals surface area contributed by atoms with Gasteiger partial charge in [0.05, 0.1) is 0 Å². The summed E-state index contributed by atoms with van der Waals surface area (Å²) >= 11 is 0. The zero-order chi connectivity index (χ0) is 12.4. The molecule has 0 atom stereocenters. The third-order valence-corrected chi connectivity index (χ3v) is 3.39. The van der Waals surface area contributed by atoms with Crippen molar-refractivity contribution in [2.45, 2.75) is 13.5 Å². The average Bonchev–Trinajstić information content (AvgIpc) is 2.43. The van der Waals surface area contributed by atoms with Crippen molar-refractivity contribution >= 4 is 10.8 Å². The summed E-state index contributed by atoms with van der Waals surface area (Å²) in [6.07, 6.45) is 4.22. The molecule has 3 rings (SSSR count). The van der Waals surface area contributed by atoms with Crippen molar-refractivity contribution in [3.8, 4) is 0 Å². The molecule has 0 fully saturated rings. The van der Waals surface area contributed by atoms with Gasteiger partial charge in [0.1, 0.15) is 0 Å². The van der Waals surface area contributed by atoms with E-state index in [4.69, 9.17) is 0 Å². The Labute approximate surface area is 119 Å². The smallest absolute Gasteiger partial charge is 0.174 e. The van der Waals surface area contributed by atoms with Gasteiger partial charge in [0.15, 0.2) is 18.9 Å². The summed E-state index contributed by atoms with van der Waals surface area (Å²) in [4.78, 5) is 0. The van der Waals surface area contributed by atoms with Crippen LogP contribution in [0.3, 0.4) is 0 Å². The van der Waals surface area contributed by atoms with Crippen molar-refractivity contribution in [1.29, 1.82) is 0 Å². The van der Waals surface area contributed by atoms with Gasteiger partial charge in [0.25, 0.3) is 0 Å². The fourth-order valence-corrected chi connectivity index (χ4v) is 2.38. The molecule has 0 bridgehead atoms. The minimum atomic E-state index is 0. The molecule has 0 spiro atoms. The van der Waals surface area contributed by atoms with Crippen LogP contribution in [0.25, 0.3) is 10.8 Å². The Bertz CT molecular complexity index is 677. The lowest BCUT2D eigenvalue weighted by Crippen LogP contribution is -3.00. The molecular weight excluding hydrogens is 254 g/mol. The van der Waals surface area contributed by atoms with Gasteiger partial charge < -0.3 is 12.4 Å². The third kappa shape index (κ3) is 2.77. The van der Waals surface area contributed by atoms with Gasteiger partial charge in [-0.25, -0.2) is 4.57 Å². The van der Waals surface area contributed by atoms with Gasteiger partial charge >= 0.3 is 0 Å². The van der Waals surface area contributed by atoms with Gasteiger partial charge in [0.2, 0.25) is 0 Å². The molecule has 1 aromatic heterocycles. The second-order valence-electron chi connectivity index (χ2n) is 4.63. The summed E-state index contributed by atoms with van der Waals surface area (Å²) in [7, 11) is 0. The minimum Gasteiger partial charge on any atom is -1.00 e. The number of hydrogen-bond donors (Lipinski definition) is 0. The van der Waals surface area contributed by atoms with Crippen molar-refractivity contribution in [2.75, 3.05) is 0 Å². The number of aryl methyl sites for hydroxylation is 1. The van der Waals surface area contributed by atoms with Gasteiger partial charge in [-0.2, -0.15) is 0 Å². The van der Waals surface area contributed by atoms with E-state index in [0.717, 1.165) is 6.54 Å². The average molecular weight is 270 g/mol. The number of aromatic nitrogens is 1. The SMILES string of the molecule is Cc1ccc2ccccc2c1C[n+]1ccccc1.[Cl-]. The Hall–Kier alpha value is -1.86. The minimum absolute atomic E-state index is 0. The highest BCUT2D eigenvalue weighted by atomic mass is 35.5. The number of hydrogen-bond acceptors (Lipinski definition) is 0. The molecule has 96 valence electrons. The molecule has 2 aromatic carbocycles. The van der Waals surface area contributed by atoms with E-state index in [0.29, 0.717) is 0 Å². The van der Waals surface area contributed by atoms with Crippen LogP contribution in [0.1, 0.15) is 11.1 Å². The molecule has 0 amide bonds. The molecule has 0 aliphatic carbocycles. The van der Waals surface area contributed by atoms with Crippen molar-refractivity contribution in [1.82, 2.24) is 0 Å². The van der Waals surface area contributed by atoms with Crippen LogP contribution in [0.15, 0.2) is 67.0 Å². The molecule has 1 nitrogen and oxygen atoms in total. The van der Waals surface area contributed by atoms with Crippen molar-refractivity contribution in [2.24, 2.45) is 0 Å². The highest BCUT2D eigenvalue weighted by Gasteiger charge is 2.08. The standard InChI is InChI=1S/C17H16N.ClH/c1-14-9-10-15-7-3-4-8-16(15)17(14)13-18-11-5-2-6-12-18;/h2-12H,13H2,1H3;1H/q+1;/p-1. The van der Waals surface area contributed by atoms with E-state index in [-0.39, 0.29) is 12.4 Å². The molecule has 2 heteroatoms. The van der Waals surface area contributed by atoms with Crippen molar-refractivity contribution in [3.63, 3.8) is 0 Å². The Morgan fingerprint density at radius 3 is 2.37 bits per heavy atom. The number of halogens is 1. The highest BCUT2D eigenvalue weighted by molar-refractivity contribution is 5.86. The van der Waals surface area contributed by atoms with Crippen LogP contribution < -0.4 is 17.0 Å². The quantitative estimate of drug-likeness (QED) is 0.596. The summed E-state index contributed by atoms with van der Waals surface area (Å²) in [5.41, 5.74) is 2.76. The van der Waals surface area contributed by atoms with Crippen LogP contribution in [0, 0.1) is 6.92 Å². The summed E-state index contributed by atoms with van der Waals surface area (Å²) in [6, 6.07) is 19.2. The maximum absolute atomic E-state index is 2.22. The number of rotatable bonds is 2. The zero-order valence-electron chi connectivity index (χ0n) is 10.9. The molecule has 0 radical (unpaired) electrons. The maximum atomic E-state index is 2.22. The highest BCUT2D eigenvalue weighted by Crippen LogP contribution is 2.21. The van der Waals surface area contributed by atoms with E-state index in [2.05, 4.69) is 72.4 Å². The van der Waals surface area contributed by atoms with E-state index < -0.39 is 0 Å². The van der Waals surface area contributed by atoms with E-state index in [1.165, 1.54) is 21.9 Å². The monoisotopic (exact) mass is 269 g/mol. The van der Waals surface area contributed by atoms with E-state index in [1.54, 1.807) is 0 Å². The lowest BCUT2D eigenvalue weighted by atomic mass is 9.99. The van der Waals surface area contributed by atoms with Crippen LogP contribution in [0.2, 0.25) is 0 Å². The van der Waals surface area contributed by atoms with Crippen LogP contribution in [-0.2, 0) is 6.54 Å². The molecule has 0 aliphatic heterocycles. The van der Waals surface area contributed by atoms with Gasteiger partial charge in [-0.3, -0.25) is 0 Å². The second-order valence-corrected chi connectivity index (χ2v) is 4.63. The molecule has 19 heavy (non-hydrogen) atoms. The number of nitrogens with zero attached hydrogens (tertiary/aromatic N) is 1.